The van der Waals surface area contributed by atoms with Crippen molar-refractivity contribution < 1.29 is 0 Å². The van der Waals surface area contributed by atoms with Gasteiger partial charge in [-0.15, -0.1) is 10.2 Å². The molecule has 0 spiro atoms. The number of hydrogen-bond acceptors (Lipinski definition) is 6. The molecular formula is C12H15N5S. The van der Waals surface area contributed by atoms with Crippen LogP contribution >= 0.6 is 11.3 Å². The molecule has 0 amide bonds. The molecule has 0 radical (unpaired) electrons. The summed E-state index contributed by atoms with van der Waals surface area (Å²) in [5, 5.41) is 10.3. The molecule has 2 aromatic rings. The number of rotatable bonds is 3. The van der Waals surface area contributed by atoms with E-state index in [4.69, 9.17) is 5.73 Å². The summed E-state index contributed by atoms with van der Waals surface area (Å²) < 4.78 is 0. The molecule has 2 heterocycles. The zero-order chi connectivity index (χ0) is 12.4. The molecule has 0 aliphatic carbocycles. The number of hydrogen-bond donors (Lipinski definition) is 3. The first-order valence-corrected chi connectivity index (χ1v) is 6.78. The number of benzene rings is 1. The largest absolute Gasteiger partial charge is 0.318 e. The quantitative estimate of drug-likeness (QED) is 0.772. The first-order valence-electron chi connectivity index (χ1n) is 5.97. The Labute approximate surface area is 109 Å². The van der Waals surface area contributed by atoms with Crippen LogP contribution in [0.2, 0.25) is 0 Å². The van der Waals surface area contributed by atoms with E-state index in [2.05, 4.69) is 21.0 Å². The van der Waals surface area contributed by atoms with Crippen molar-refractivity contribution in [2.45, 2.75) is 18.5 Å². The predicted octanol–water partition coefficient (Wildman–Crippen LogP) is 1.13. The van der Waals surface area contributed by atoms with Crippen LogP contribution < -0.4 is 16.6 Å². The Hall–Kier alpha value is -1.34. The van der Waals surface area contributed by atoms with E-state index in [-0.39, 0.29) is 12.1 Å². The lowest BCUT2D eigenvalue weighted by atomic mass is 10.1. The fourth-order valence-electron chi connectivity index (χ4n) is 1.99. The monoisotopic (exact) mass is 261 g/mol. The number of hydrazine groups is 1. The topological polar surface area (TPSA) is 75.9 Å². The van der Waals surface area contributed by atoms with Crippen LogP contribution in [-0.2, 0) is 0 Å². The van der Waals surface area contributed by atoms with Crippen LogP contribution in [0.5, 0.6) is 0 Å². The maximum absolute atomic E-state index is 6.20. The molecule has 2 atom stereocenters. The molecule has 1 fully saturated rings. The summed E-state index contributed by atoms with van der Waals surface area (Å²) in [7, 11) is 0. The molecule has 1 saturated heterocycles. The lowest BCUT2D eigenvalue weighted by Crippen LogP contribution is -2.24. The van der Waals surface area contributed by atoms with Gasteiger partial charge in [0.15, 0.2) is 0 Å². The maximum Gasteiger partial charge on any atom is 0.138 e. The van der Waals surface area contributed by atoms with Gasteiger partial charge in [-0.3, -0.25) is 5.43 Å². The van der Waals surface area contributed by atoms with Crippen LogP contribution in [-0.4, -0.2) is 16.7 Å². The molecule has 3 rings (SSSR count). The number of nitrogens with two attached hydrogens (primary N) is 1. The molecule has 1 aliphatic rings. The van der Waals surface area contributed by atoms with Gasteiger partial charge >= 0.3 is 0 Å². The minimum absolute atomic E-state index is 0.188. The third-order valence-electron chi connectivity index (χ3n) is 3.01. The number of nitrogens with one attached hydrogen (secondary N) is 2. The van der Waals surface area contributed by atoms with Gasteiger partial charge in [-0.25, -0.2) is 5.43 Å². The highest BCUT2D eigenvalue weighted by Crippen LogP contribution is 2.27. The third kappa shape index (κ3) is 2.28. The summed E-state index contributed by atoms with van der Waals surface area (Å²) in [6, 6.07) is 10.1. The van der Waals surface area contributed by atoms with E-state index in [1.807, 2.05) is 30.3 Å². The first-order chi connectivity index (χ1) is 8.84. The van der Waals surface area contributed by atoms with Crippen LogP contribution in [0.4, 0.5) is 0 Å². The van der Waals surface area contributed by atoms with Gasteiger partial charge in [-0.1, -0.05) is 41.7 Å². The van der Waals surface area contributed by atoms with Crippen molar-refractivity contribution in [3.05, 3.63) is 45.9 Å². The van der Waals surface area contributed by atoms with Crippen molar-refractivity contribution in [1.29, 1.82) is 0 Å². The van der Waals surface area contributed by atoms with Crippen molar-refractivity contribution >= 4 is 11.3 Å². The second-order valence-electron chi connectivity index (χ2n) is 4.28. The van der Waals surface area contributed by atoms with E-state index in [0.29, 0.717) is 0 Å². The Morgan fingerprint density at radius 3 is 2.83 bits per heavy atom. The Balaban J connectivity index is 1.80. The summed E-state index contributed by atoms with van der Waals surface area (Å²) in [6.45, 7) is 0.963. The van der Waals surface area contributed by atoms with Gasteiger partial charge in [0.2, 0.25) is 0 Å². The van der Waals surface area contributed by atoms with Gasteiger partial charge in [-0.2, -0.15) is 0 Å². The fourth-order valence-corrected chi connectivity index (χ4v) is 2.94. The van der Waals surface area contributed by atoms with Crippen LogP contribution in [0.15, 0.2) is 30.3 Å². The average molecular weight is 261 g/mol. The van der Waals surface area contributed by atoms with Gasteiger partial charge in [0.1, 0.15) is 10.0 Å². The number of aromatic nitrogens is 2. The average Bonchev–Trinajstić information content (AvgIpc) is 3.09. The highest BCUT2D eigenvalue weighted by Gasteiger charge is 2.22. The van der Waals surface area contributed by atoms with Gasteiger partial charge in [0.25, 0.3) is 0 Å². The van der Waals surface area contributed by atoms with Gasteiger partial charge < -0.3 is 5.73 Å². The molecule has 2 unspecified atom stereocenters. The summed E-state index contributed by atoms with van der Waals surface area (Å²) >= 11 is 1.58. The van der Waals surface area contributed by atoms with Crippen molar-refractivity contribution in [3.63, 3.8) is 0 Å². The van der Waals surface area contributed by atoms with Crippen molar-refractivity contribution in [2.24, 2.45) is 5.73 Å². The van der Waals surface area contributed by atoms with E-state index in [1.54, 1.807) is 11.3 Å². The summed E-state index contributed by atoms with van der Waals surface area (Å²) in [5.41, 5.74) is 13.5. The summed E-state index contributed by atoms with van der Waals surface area (Å²) in [6.07, 6.45) is 1.04. The van der Waals surface area contributed by atoms with Crippen LogP contribution in [0.3, 0.4) is 0 Å². The van der Waals surface area contributed by atoms with E-state index in [0.717, 1.165) is 28.5 Å². The van der Waals surface area contributed by atoms with E-state index >= 15 is 0 Å². The molecule has 94 valence electrons. The Kier molecular flexibility index (Phi) is 3.33. The molecule has 4 N–H and O–H groups in total. The smallest absolute Gasteiger partial charge is 0.138 e. The van der Waals surface area contributed by atoms with Crippen molar-refractivity contribution in [3.8, 4) is 0 Å². The highest BCUT2D eigenvalue weighted by atomic mass is 32.1. The molecular weight excluding hydrogens is 246 g/mol. The fraction of sp³-hybridized carbons (Fsp3) is 0.333. The SMILES string of the molecule is NC(c1ccccc1)c1nnc(C2CCNN2)s1. The van der Waals surface area contributed by atoms with Crippen molar-refractivity contribution in [1.82, 2.24) is 21.0 Å². The molecule has 5 nitrogen and oxygen atoms in total. The first kappa shape index (κ1) is 11.7. The zero-order valence-corrected chi connectivity index (χ0v) is 10.7. The molecule has 18 heavy (non-hydrogen) atoms. The lowest BCUT2D eigenvalue weighted by Gasteiger charge is -2.07. The van der Waals surface area contributed by atoms with E-state index < -0.39 is 0 Å². The molecule has 6 heteroatoms. The lowest BCUT2D eigenvalue weighted by molar-refractivity contribution is 0.574. The Bertz CT molecular complexity index is 506. The standard InChI is InChI=1S/C12H15N5S/c13-10(8-4-2-1-3-5-8)12-17-16-11(18-12)9-6-7-14-15-9/h1-5,9-10,14-15H,6-7,13H2. The maximum atomic E-state index is 6.20. The Morgan fingerprint density at radius 2 is 2.11 bits per heavy atom. The van der Waals surface area contributed by atoms with Crippen LogP contribution in [0.25, 0.3) is 0 Å². The molecule has 1 aromatic carbocycles. The molecule has 1 aliphatic heterocycles. The summed E-state index contributed by atoms with van der Waals surface area (Å²) in [5.74, 6) is 0. The van der Waals surface area contributed by atoms with E-state index in [1.165, 1.54) is 0 Å². The minimum atomic E-state index is -0.188. The molecule has 0 bridgehead atoms. The van der Waals surface area contributed by atoms with E-state index in [9.17, 15) is 0 Å². The Morgan fingerprint density at radius 1 is 1.28 bits per heavy atom. The molecule has 0 saturated carbocycles. The second-order valence-corrected chi connectivity index (χ2v) is 5.32. The zero-order valence-electron chi connectivity index (χ0n) is 9.84. The van der Waals surface area contributed by atoms with Crippen LogP contribution in [0.1, 0.15) is 34.1 Å². The third-order valence-corrected chi connectivity index (χ3v) is 4.13. The highest BCUT2D eigenvalue weighted by molar-refractivity contribution is 7.11. The second kappa shape index (κ2) is 5.11. The normalized spacial score (nSPS) is 21.1. The summed E-state index contributed by atoms with van der Waals surface area (Å²) in [4.78, 5) is 0. The number of nitrogens with zero attached hydrogens (tertiary/aromatic N) is 2. The van der Waals surface area contributed by atoms with Gasteiger partial charge in [0.05, 0.1) is 12.1 Å². The van der Waals surface area contributed by atoms with Gasteiger partial charge in [0, 0.05) is 6.54 Å². The predicted molar refractivity (Wildman–Crippen MR) is 70.9 cm³/mol. The van der Waals surface area contributed by atoms with Gasteiger partial charge in [-0.05, 0) is 12.0 Å². The van der Waals surface area contributed by atoms with Crippen LogP contribution in [0, 0.1) is 0 Å². The van der Waals surface area contributed by atoms with Crippen molar-refractivity contribution in [2.75, 3.05) is 6.54 Å². The molecule has 1 aromatic heterocycles. The minimum Gasteiger partial charge on any atom is -0.318 e.